The summed E-state index contributed by atoms with van der Waals surface area (Å²) in [6, 6.07) is 6.96. The van der Waals surface area contributed by atoms with Gasteiger partial charge in [-0.25, -0.2) is 4.68 Å². The molecule has 1 amide bonds. The van der Waals surface area contributed by atoms with Crippen molar-refractivity contribution in [1.82, 2.24) is 14.7 Å². The van der Waals surface area contributed by atoms with Crippen molar-refractivity contribution in [2.45, 2.75) is 19.4 Å². The van der Waals surface area contributed by atoms with E-state index in [0.717, 1.165) is 11.3 Å². The van der Waals surface area contributed by atoms with E-state index in [0.29, 0.717) is 28.7 Å². The number of carboxylic acid groups (broad SMARTS) is 1. The Balaban J connectivity index is 1.89. The maximum atomic E-state index is 13.0. The second-order valence-electron chi connectivity index (χ2n) is 5.88. The van der Waals surface area contributed by atoms with Crippen LogP contribution in [0.15, 0.2) is 30.5 Å². The Hall–Kier alpha value is -1.99. The van der Waals surface area contributed by atoms with Crippen molar-refractivity contribution < 1.29 is 14.7 Å². The summed E-state index contributed by atoms with van der Waals surface area (Å²) in [5.41, 5.74) is 1.77. The molecule has 0 spiro atoms. The van der Waals surface area contributed by atoms with Gasteiger partial charge in [-0.2, -0.15) is 16.9 Å². The van der Waals surface area contributed by atoms with Crippen LogP contribution in [0.3, 0.4) is 0 Å². The number of aromatic nitrogens is 2. The van der Waals surface area contributed by atoms with Crippen molar-refractivity contribution in [3.05, 3.63) is 46.7 Å². The average molecular weight is 380 g/mol. The predicted octanol–water partition coefficient (Wildman–Crippen LogP) is 2.87. The SMILES string of the molecule is Cc1cn(-c2ccccc2Cl)nc1C(=O)N1CCSCC1CC(=O)O. The molecule has 0 radical (unpaired) electrons. The largest absolute Gasteiger partial charge is 0.481 e. The van der Waals surface area contributed by atoms with E-state index in [1.54, 1.807) is 33.6 Å². The van der Waals surface area contributed by atoms with Crippen LogP contribution in [-0.4, -0.2) is 55.8 Å². The van der Waals surface area contributed by atoms with Gasteiger partial charge in [0.25, 0.3) is 5.91 Å². The number of aryl methyl sites for hydroxylation is 1. The standard InChI is InChI=1S/C17H18ClN3O3S/c1-11-9-21(14-5-3-2-4-13(14)18)19-16(11)17(24)20-6-7-25-10-12(20)8-15(22)23/h2-5,9,12H,6-8,10H2,1H3,(H,22,23). The number of amides is 1. The highest BCUT2D eigenvalue weighted by atomic mass is 35.5. The Labute approximate surface area is 154 Å². The number of thioether (sulfide) groups is 1. The molecule has 3 rings (SSSR count). The number of benzene rings is 1. The van der Waals surface area contributed by atoms with Crippen LogP contribution in [0, 0.1) is 6.92 Å². The molecule has 1 fully saturated rings. The molecule has 6 nitrogen and oxygen atoms in total. The Morgan fingerprint density at radius 3 is 2.88 bits per heavy atom. The van der Waals surface area contributed by atoms with Crippen LogP contribution in [-0.2, 0) is 4.79 Å². The third kappa shape index (κ3) is 3.82. The fourth-order valence-electron chi connectivity index (χ4n) is 2.86. The summed E-state index contributed by atoms with van der Waals surface area (Å²) >= 11 is 7.87. The molecule has 132 valence electrons. The lowest BCUT2D eigenvalue weighted by atomic mass is 10.1. The van der Waals surface area contributed by atoms with Crippen LogP contribution >= 0.6 is 23.4 Å². The molecular formula is C17H18ClN3O3S. The third-order valence-corrected chi connectivity index (χ3v) is 5.51. The molecule has 1 aromatic heterocycles. The minimum absolute atomic E-state index is 0.0526. The van der Waals surface area contributed by atoms with Crippen LogP contribution in [0.25, 0.3) is 5.69 Å². The number of hydrogen-bond donors (Lipinski definition) is 1. The van der Waals surface area contributed by atoms with E-state index in [2.05, 4.69) is 5.10 Å². The number of para-hydroxylation sites is 1. The van der Waals surface area contributed by atoms with Crippen LogP contribution in [0.4, 0.5) is 0 Å². The molecule has 1 unspecified atom stereocenters. The first kappa shape index (κ1) is 17.8. The highest BCUT2D eigenvalue weighted by Crippen LogP contribution is 2.24. The van der Waals surface area contributed by atoms with Crippen molar-refractivity contribution in [3.8, 4) is 5.69 Å². The predicted molar refractivity (Wildman–Crippen MR) is 97.7 cm³/mol. The molecule has 25 heavy (non-hydrogen) atoms. The van der Waals surface area contributed by atoms with Gasteiger partial charge in [0.05, 0.1) is 23.2 Å². The monoisotopic (exact) mass is 379 g/mol. The Bertz CT molecular complexity index is 808. The molecular weight excluding hydrogens is 362 g/mol. The zero-order valence-electron chi connectivity index (χ0n) is 13.7. The fraction of sp³-hybridized carbons (Fsp3) is 0.353. The number of carboxylic acids is 1. The quantitative estimate of drug-likeness (QED) is 0.884. The maximum absolute atomic E-state index is 13.0. The third-order valence-electron chi connectivity index (χ3n) is 4.10. The summed E-state index contributed by atoms with van der Waals surface area (Å²) in [6.07, 6.45) is 1.71. The Morgan fingerprint density at radius 2 is 2.16 bits per heavy atom. The lowest BCUT2D eigenvalue weighted by molar-refractivity contribution is -0.138. The topological polar surface area (TPSA) is 75.4 Å². The fourth-order valence-corrected chi connectivity index (χ4v) is 4.15. The molecule has 2 aromatic rings. The lowest BCUT2D eigenvalue weighted by Gasteiger charge is -2.34. The van der Waals surface area contributed by atoms with Crippen molar-refractivity contribution in [3.63, 3.8) is 0 Å². The molecule has 0 aliphatic carbocycles. The molecule has 1 saturated heterocycles. The van der Waals surface area contributed by atoms with E-state index in [9.17, 15) is 9.59 Å². The summed E-state index contributed by atoms with van der Waals surface area (Å²) in [4.78, 5) is 25.7. The van der Waals surface area contributed by atoms with Gasteiger partial charge in [-0.05, 0) is 19.1 Å². The van der Waals surface area contributed by atoms with E-state index in [1.807, 2.05) is 25.1 Å². The molecule has 2 heterocycles. The van der Waals surface area contributed by atoms with E-state index in [1.165, 1.54) is 0 Å². The van der Waals surface area contributed by atoms with Gasteiger partial charge in [0.1, 0.15) is 0 Å². The molecule has 8 heteroatoms. The van der Waals surface area contributed by atoms with Crippen molar-refractivity contribution in [2.75, 3.05) is 18.1 Å². The zero-order chi connectivity index (χ0) is 18.0. The summed E-state index contributed by atoms with van der Waals surface area (Å²) in [7, 11) is 0. The average Bonchev–Trinajstić information content (AvgIpc) is 2.96. The molecule has 1 N–H and O–H groups in total. The first-order valence-corrected chi connectivity index (χ1v) is 9.42. The van der Waals surface area contributed by atoms with Gasteiger partial charge in [0.2, 0.25) is 0 Å². The first-order chi connectivity index (χ1) is 12.0. The lowest BCUT2D eigenvalue weighted by Crippen LogP contribution is -2.47. The molecule has 0 saturated carbocycles. The van der Waals surface area contributed by atoms with Gasteiger partial charge in [0.15, 0.2) is 5.69 Å². The van der Waals surface area contributed by atoms with Gasteiger partial charge in [-0.15, -0.1) is 0 Å². The molecule has 0 bridgehead atoms. The normalized spacial score (nSPS) is 17.5. The Kier molecular flexibility index (Phi) is 5.34. The zero-order valence-corrected chi connectivity index (χ0v) is 15.3. The number of rotatable bonds is 4. The summed E-state index contributed by atoms with van der Waals surface area (Å²) in [6.45, 7) is 2.35. The minimum atomic E-state index is -0.899. The van der Waals surface area contributed by atoms with Gasteiger partial charge >= 0.3 is 5.97 Å². The molecule has 1 atom stereocenters. The molecule has 1 aliphatic heterocycles. The van der Waals surface area contributed by atoms with Crippen LogP contribution in [0.1, 0.15) is 22.5 Å². The van der Waals surface area contributed by atoms with Gasteiger partial charge in [-0.3, -0.25) is 9.59 Å². The molecule has 1 aromatic carbocycles. The number of hydrogen-bond acceptors (Lipinski definition) is 4. The minimum Gasteiger partial charge on any atom is -0.481 e. The number of carbonyl (C=O) groups excluding carboxylic acids is 1. The molecule has 1 aliphatic rings. The van der Waals surface area contributed by atoms with Crippen molar-refractivity contribution >= 4 is 35.2 Å². The first-order valence-electron chi connectivity index (χ1n) is 7.89. The van der Waals surface area contributed by atoms with E-state index in [-0.39, 0.29) is 18.4 Å². The van der Waals surface area contributed by atoms with Crippen molar-refractivity contribution in [1.29, 1.82) is 0 Å². The second-order valence-corrected chi connectivity index (χ2v) is 7.44. The summed E-state index contributed by atoms with van der Waals surface area (Å²) in [5, 5.41) is 14.1. The number of aliphatic carboxylic acids is 1. The van der Waals surface area contributed by atoms with Crippen LogP contribution in [0.5, 0.6) is 0 Å². The van der Waals surface area contributed by atoms with E-state index < -0.39 is 5.97 Å². The van der Waals surface area contributed by atoms with Crippen molar-refractivity contribution in [2.24, 2.45) is 0 Å². The van der Waals surface area contributed by atoms with Gasteiger partial charge in [-0.1, -0.05) is 23.7 Å². The summed E-state index contributed by atoms with van der Waals surface area (Å²) in [5.74, 6) is 0.299. The number of halogens is 1. The Morgan fingerprint density at radius 1 is 1.40 bits per heavy atom. The van der Waals surface area contributed by atoms with E-state index >= 15 is 0 Å². The van der Waals surface area contributed by atoms with Crippen LogP contribution < -0.4 is 0 Å². The maximum Gasteiger partial charge on any atom is 0.305 e. The number of nitrogens with zero attached hydrogens (tertiary/aromatic N) is 3. The highest BCUT2D eigenvalue weighted by Gasteiger charge is 2.31. The second kappa shape index (κ2) is 7.49. The smallest absolute Gasteiger partial charge is 0.305 e. The van der Waals surface area contributed by atoms with Gasteiger partial charge < -0.3 is 10.0 Å². The summed E-state index contributed by atoms with van der Waals surface area (Å²) < 4.78 is 1.59. The number of carbonyl (C=O) groups is 2. The highest BCUT2D eigenvalue weighted by molar-refractivity contribution is 7.99. The van der Waals surface area contributed by atoms with E-state index in [4.69, 9.17) is 16.7 Å². The van der Waals surface area contributed by atoms with Crippen LogP contribution in [0.2, 0.25) is 5.02 Å². The van der Waals surface area contributed by atoms with Gasteiger partial charge in [0, 0.05) is 29.8 Å².